The smallest absolute Gasteiger partial charge is 0.0175 e. The highest BCUT2D eigenvalue weighted by atomic mass is 31.1. The Balaban J connectivity index is 2.56. The number of hydrogen-bond donors (Lipinski definition) is 0. The van der Waals surface area contributed by atoms with E-state index < -0.39 is 0 Å². The van der Waals surface area contributed by atoms with Gasteiger partial charge in [0.25, 0.3) is 0 Å². The van der Waals surface area contributed by atoms with Crippen molar-refractivity contribution in [3.05, 3.63) is 12.7 Å². The van der Waals surface area contributed by atoms with Gasteiger partial charge in [0.15, 0.2) is 0 Å². The summed E-state index contributed by atoms with van der Waals surface area (Å²) in [4.78, 5) is 0. The van der Waals surface area contributed by atoms with Crippen LogP contribution in [0.25, 0.3) is 0 Å². The average Bonchev–Trinajstić information content (AvgIpc) is 1.69. The highest BCUT2D eigenvalue weighted by Crippen LogP contribution is 2.09. The molecule has 0 aliphatic heterocycles. The zero-order valence-corrected chi connectivity index (χ0v) is 5.91. The zero-order chi connectivity index (χ0) is 5.54. The lowest BCUT2D eigenvalue weighted by atomic mass is 10.6. The normalized spacial score (nSPS) is 10.4. The van der Waals surface area contributed by atoms with E-state index in [1.807, 2.05) is 6.08 Å². The monoisotopic (exact) mass is 116 g/mol. The largest absolute Gasteiger partial charge is 0.118 e. The van der Waals surface area contributed by atoms with Crippen LogP contribution in [0.1, 0.15) is 13.3 Å². The van der Waals surface area contributed by atoms with Gasteiger partial charge in [0, 0.05) is 0 Å². The molecule has 0 aliphatic carbocycles. The molecule has 0 radical (unpaired) electrons. The highest BCUT2D eigenvalue weighted by Gasteiger charge is 1.76. The number of hydrogen-bond acceptors (Lipinski definition) is 0. The summed E-state index contributed by atoms with van der Waals surface area (Å²) in [5.41, 5.74) is 0. The standard InChI is InChI=1S/C6H13P/c1-3-5-7-6-4-2/h3,7H,1,4-6H2,2H3. The maximum absolute atomic E-state index is 3.64. The molecule has 7 heavy (non-hydrogen) atoms. The lowest BCUT2D eigenvalue weighted by molar-refractivity contribution is 1.10. The van der Waals surface area contributed by atoms with Crippen LogP contribution in [0.4, 0.5) is 0 Å². The van der Waals surface area contributed by atoms with Crippen molar-refractivity contribution >= 4 is 8.58 Å². The molecule has 0 fully saturated rings. The van der Waals surface area contributed by atoms with E-state index in [1.54, 1.807) is 0 Å². The highest BCUT2D eigenvalue weighted by molar-refractivity contribution is 7.38. The second-order valence-electron chi connectivity index (χ2n) is 1.49. The molecule has 0 bridgehead atoms. The maximum Gasteiger partial charge on any atom is -0.0175 e. The molecule has 0 heterocycles. The van der Waals surface area contributed by atoms with Crippen molar-refractivity contribution in [3.63, 3.8) is 0 Å². The first-order chi connectivity index (χ1) is 3.41. The minimum absolute atomic E-state index is 1.11. The van der Waals surface area contributed by atoms with Crippen molar-refractivity contribution in [2.45, 2.75) is 13.3 Å². The van der Waals surface area contributed by atoms with Gasteiger partial charge in [-0.25, -0.2) is 0 Å². The summed E-state index contributed by atoms with van der Waals surface area (Å²) < 4.78 is 0. The predicted octanol–water partition coefficient (Wildman–Crippen LogP) is 2.26. The van der Waals surface area contributed by atoms with Crippen molar-refractivity contribution < 1.29 is 0 Å². The Bertz CT molecular complexity index is 41.4. The van der Waals surface area contributed by atoms with Gasteiger partial charge in [-0.3, -0.25) is 0 Å². The predicted molar refractivity (Wildman–Crippen MR) is 38.5 cm³/mol. The van der Waals surface area contributed by atoms with Crippen LogP contribution in [0.5, 0.6) is 0 Å². The van der Waals surface area contributed by atoms with Gasteiger partial charge in [-0.15, -0.1) is 15.2 Å². The summed E-state index contributed by atoms with van der Waals surface area (Å²) in [6.07, 6.45) is 5.92. The van der Waals surface area contributed by atoms with Crippen molar-refractivity contribution in [2.24, 2.45) is 0 Å². The van der Waals surface area contributed by atoms with Gasteiger partial charge in [0.05, 0.1) is 0 Å². The lowest BCUT2D eigenvalue weighted by Crippen LogP contribution is -1.69. The molecule has 0 N–H and O–H groups in total. The Hall–Kier alpha value is 0.170. The van der Waals surface area contributed by atoms with Crippen molar-refractivity contribution in [3.8, 4) is 0 Å². The van der Waals surface area contributed by atoms with Gasteiger partial charge in [-0.05, 0) is 12.3 Å². The van der Waals surface area contributed by atoms with Crippen LogP contribution in [0.2, 0.25) is 0 Å². The molecule has 0 aromatic heterocycles. The summed E-state index contributed by atoms with van der Waals surface area (Å²) in [6, 6.07) is 0. The second-order valence-corrected chi connectivity index (χ2v) is 2.90. The van der Waals surface area contributed by atoms with E-state index in [1.165, 1.54) is 18.7 Å². The van der Waals surface area contributed by atoms with Crippen LogP contribution in [0, 0.1) is 0 Å². The van der Waals surface area contributed by atoms with Crippen LogP contribution >= 0.6 is 8.58 Å². The molecule has 42 valence electrons. The summed E-state index contributed by atoms with van der Waals surface area (Å²) in [5.74, 6) is 0. The van der Waals surface area contributed by atoms with Crippen LogP contribution in [0.15, 0.2) is 12.7 Å². The van der Waals surface area contributed by atoms with Crippen LogP contribution in [-0.2, 0) is 0 Å². The van der Waals surface area contributed by atoms with Gasteiger partial charge in [-0.1, -0.05) is 19.4 Å². The Labute approximate surface area is 47.8 Å². The summed E-state index contributed by atoms with van der Waals surface area (Å²) in [5, 5.41) is 0. The van der Waals surface area contributed by atoms with E-state index in [2.05, 4.69) is 13.5 Å². The second kappa shape index (κ2) is 6.17. The van der Waals surface area contributed by atoms with E-state index >= 15 is 0 Å². The van der Waals surface area contributed by atoms with Crippen molar-refractivity contribution in [1.29, 1.82) is 0 Å². The van der Waals surface area contributed by atoms with E-state index in [4.69, 9.17) is 0 Å². The molecule has 0 aromatic carbocycles. The van der Waals surface area contributed by atoms with Crippen LogP contribution in [0.3, 0.4) is 0 Å². The molecule has 1 atom stereocenters. The van der Waals surface area contributed by atoms with Crippen molar-refractivity contribution in [1.82, 2.24) is 0 Å². The fraction of sp³-hybridized carbons (Fsp3) is 0.667. The molecule has 0 aliphatic rings. The van der Waals surface area contributed by atoms with Gasteiger partial charge in [0.2, 0.25) is 0 Å². The minimum atomic E-state index is 1.11. The summed E-state index contributed by atoms with van der Waals surface area (Å²) in [6.45, 7) is 5.86. The molecule has 1 unspecified atom stereocenters. The SMILES string of the molecule is C=CCPCCC. The fourth-order valence-electron chi connectivity index (χ4n) is 0.381. The first-order valence-corrected chi connectivity index (χ1v) is 4.14. The van der Waals surface area contributed by atoms with Gasteiger partial charge in [0.1, 0.15) is 0 Å². The Morgan fingerprint density at radius 1 is 1.71 bits per heavy atom. The molecule has 0 saturated carbocycles. The van der Waals surface area contributed by atoms with Gasteiger partial charge in [-0.2, -0.15) is 0 Å². The molecule has 1 heteroatoms. The minimum Gasteiger partial charge on any atom is -0.118 e. The third-order valence-corrected chi connectivity index (χ3v) is 2.15. The van der Waals surface area contributed by atoms with E-state index in [9.17, 15) is 0 Å². The van der Waals surface area contributed by atoms with E-state index in [0.717, 1.165) is 8.58 Å². The van der Waals surface area contributed by atoms with Crippen LogP contribution < -0.4 is 0 Å². The molecule has 0 rings (SSSR count). The quantitative estimate of drug-likeness (QED) is 0.300. The third kappa shape index (κ3) is 6.17. The third-order valence-electron chi connectivity index (χ3n) is 0.715. The molecule has 0 amide bonds. The first-order valence-electron chi connectivity index (χ1n) is 2.73. The molecule has 0 nitrogen and oxygen atoms in total. The van der Waals surface area contributed by atoms with Crippen molar-refractivity contribution in [2.75, 3.05) is 12.3 Å². The molecular formula is C6H13P. The van der Waals surface area contributed by atoms with Gasteiger partial charge < -0.3 is 0 Å². The Morgan fingerprint density at radius 3 is 2.86 bits per heavy atom. The molecule has 0 saturated heterocycles. The molecular weight excluding hydrogens is 103 g/mol. The lowest BCUT2D eigenvalue weighted by Gasteiger charge is -1.88. The van der Waals surface area contributed by atoms with Crippen LogP contribution in [-0.4, -0.2) is 12.3 Å². The molecule has 0 spiro atoms. The summed E-state index contributed by atoms with van der Waals surface area (Å²) >= 11 is 0. The number of allylic oxidation sites excluding steroid dienone is 1. The fourth-order valence-corrected chi connectivity index (χ4v) is 1.14. The number of rotatable bonds is 4. The van der Waals surface area contributed by atoms with E-state index in [0.29, 0.717) is 0 Å². The zero-order valence-electron chi connectivity index (χ0n) is 4.91. The Kier molecular flexibility index (Phi) is 6.32. The Morgan fingerprint density at radius 2 is 2.43 bits per heavy atom. The topological polar surface area (TPSA) is 0 Å². The van der Waals surface area contributed by atoms with E-state index in [-0.39, 0.29) is 0 Å². The first kappa shape index (κ1) is 7.17. The average molecular weight is 116 g/mol. The van der Waals surface area contributed by atoms with Gasteiger partial charge >= 0.3 is 0 Å². The molecule has 0 aromatic rings. The maximum atomic E-state index is 3.64. The summed E-state index contributed by atoms with van der Waals surface area (Å²) in [7, 11) is 1.11.